The number of para-hydroxylation sites is 1. The molecule has 2 aromatic heterocycles. The highest BCUT2D eigenvalue weighted by atomic mass is 79.9. The average molecular weight is 558 g/mol. The second-order valence-corrected chi connectivity index (χ2v) is 9.87. The zero-order valence-corrected chi connectivity index (χ0v) is 21.9. The van der Waals surface area contributed by atoms with Crippen molar-refractivity contribution in [2.45, 2.75) is 32.7 Å². The Morgan fingerprint density at radius 1 is 1.11 bits per heavy atom. The Morgan fingerprint density at radius 3 is 2.70 bits per heavy atom. The van der Waals surface area contributed by atoms with E-state index in [1.807, 2.05) is 60.2 Å². The number of benzene rings is 3. The summed E-state index contributed by atoms with van der Waals surface area (Å²) < 4.78 is 4.23. The predicted molar refractivity (Wildman–Crippen MR) is 150 cm³/mol. The number of halogens is 1. The lowest BCUT2D eigenvalue weighted by atomic mass is 10.1. The van der Waals surface area contributed by atoms with Crippen LogP contribution in [0.15, 0.2) is 87.3 Å². The molecule has 0 aliphatic rings. The molecular weight excluding hydrogens is 534 g/mol. The van der Waals surface area contributed by atoms with Crippen LogP contribution in [0.25, 0.3) is 21.8 Å². The SMILES string of the molecule is CC[C@@H](C)c1nc2ccc(Br)cc2c(=O)n1N=Cc1cn(Cc2cccc([N+](=O)[O-])c2)c2ccccc12. The van der Waals surface area contributed by atoms with Gasteiger partial charge in [0.1, 0.15) is 5.82 Å². The summed E-state index contributed by atoms with van der Waals surface area (Å²) in [6.45, 7) is 4.54. The number of nitro benzene ring substituents is 1. The fourth-order valence-corrected chi connectivity index (χ4v) is 4.73. The standard InChI is InChI=1S/C28H24BrN5O3/c1-3-18(2)27-31-25-12-11-21(29)14-24(25)28(35)33(27)30-15-20-17-32(26-10-5-4-9-23(20)26)16-19-7-6-8-22(13-19)34(36)37/h4-15,17-18H,3,16H2,1-2H3/t18-/m1/s1. The van der Waals surface area contributed by atoms with Crippen molar-refractivity contribution in [1.29, 1.82) is 0 Å². The van der Waals surface area contributed by atoms with Crippen LogP contribution in [-0.4, -0.2) is 25.4 Å². The normalized spacial score (nSPS) is 12.5. The maximum absolute atomic E-state index is 13.5. The van der Waals surface area contributed by atoms with Crippen LogP contribution < -0.4 is 5.56 Å². The first-order valence-corrected chi connectivity index (χ1v) is 12.7. The molecule has 0 saturated heterocycles. The lowest BCUT2D eigenvalue weighted by Gasteiger charge is -2.13. The zero-order valence-electron chi connectivity index (χ0n) is 20.3. The van der Waals surface area contributed by atoms with Gasteiger partial charge in [-0.3, -0.25) is 14.9 Å². The van der Waals surface area contributed by atoms with E-state index in [9.17, 15) is 14.9 Å². The molecule has 0 fully saturated rings. The molecule has 0 unspecified atom stereocenters. The molecule has 5 rings (SSSR count). The van der Waals surface area contributed by atoms with Gasteiger partial charge in [0, 0.05) is 51.7 Å². The van der Waals surface area contributed by atoms with Crippen molar-refractivity contribution >= 4 is 49.6 Å². The van der Waals surface area contributed by atoms with Crippen LogP contribution in [0.3, 0.4) is 0 Å². The van der Waals surface area contributed by atoms with Crippen LogP contribution >= 0.6 is 15.9 Å². The van der Waals surface area contributed by atoms with Crippen molar-refractivity contribution in [3.05, 3.63) is 115 Å². The van der Waals surface area contributed by atoms with Crippen molar-refractivity contribution in [3.8, 4) is 0 Å². The molecule has 0 radical (unpaired) electrons. The summed E-state index contributed by atoms with van der Waals surface area (Å²) in [5.74, 6) is 0.645. The van der Waals surface area contributed by atoms with Gasteiger partial charge in [0.25, 0.3) is 11.2 Å². The lowest BCUT2D eigenvalue weighted by molar-refractivity contribution is -0.384. The molecule has 0 amide bonds. The molecule has 186 valence electrons. The third kappa shape index (κ3) is 4.82. The number of fused-ring (bicyclic) bond motifs is 2. The Bertz CT molecular complexity index is 1740. The Labute approximate surface area is 221 Å². The highest BCUT2D eigenvalue weighted by Gasteiger charge is 2.16. The van der Waals surface area contributed by atoms with Crippen LogP contribution in [0.5, 0.6) is 0 Å². The third-order valence-corrected chi connectivity index (χ3v) is 6.99. The summed E-state index contributed by atoms with van der Waals surface area (Å²) in [5, 5.41) is 17.3. The van der Waals surface area contributed by atoms with E-state index in [1.54, 1.807) is 24.4 Å². The molecule has 0 bridgehead atoms. The van der Waals surface area contributed by atoms with E-state index >= 15 is 0 Å². The first-order valence-electron chi connectivity index (χ1n) is 11.9. The van der Waals surface area contributed by atoms with E-state index in [0.29, 0.717) is 23.3 Å². The van der Waals surface area contributed by atoms with Gasteiger partial charge in [-0.1, -0.05) is 60.1 Å². The van der Waals surface area contributed by atoms with Crippen LogP contribution in [0.4, 0.5) is 5.69 Å². The molecule has 0 saturated carbocycles. The summed E-state index contributed by atoms with van der Waals surface area (Å²) in [7, 11) is 0. The van der Waals surface area contributed by atoms with Gasteiger partial charge in [0.05, 0.1) is 22.0 Å². The lowest BCUT2D eigenvalue weighted by Crippen LogP contribution is -2.23. The smallest absolute Gasteiger partial charge is 0.282 e. The van der Waals surface area contributed by atoms with Crippen molar-refractivity contribution in [3.63, 3.8) is 0 Å². The first-order chi connectivity index (χ1) is 17.9. The van der Waals surface area contributed by atoms with Crippen LogP contribution in [0.2, 0.25) is 0 Å². The van der Waals surface area contributed by atoms with Gasteiger partial charge in [-0.05, 0) is 36.2 Å². The Morgan fingerprint density at radius 2 is 1.92 bits per heavy atom. The van der Waals surface area contributed by atoms with Gasteiger partial charge in [-0.15, -0.1) is 0 Å². The number of nitrogens with zero attached hydrogens (tertiary/aromatic N) is 5. The average Bonchev–Trinajstić information content (AvgIpc) is 3.25. The molecule has 37 heavy (non-hydrogen) atoms. The highest BCUT2D eigenvalue weighted by molar-refractivity contribution is 9.10. The summed E-state index contributed by atoms with van der Waals surface area (Å²) in [6.07, 6.45) is 4.45. The zero-order chi connectivity index (χ0) is 26.1. The van der Waals surface area contributed by atoms with Gasteiger partial charge in [-0.2, -0.15) is 9.78 Å². The van der Waals surface area contributed by atoms with Crippen LogP contribution in [-0.2, 0) is 6.54 Å². The Balaban J connectivity index is 1.60. The van der Waals surface area contributed by atoms with Gasteiger partial charge in [0.15, 0.2) is 0 Å². The van der Waals surface area contributed by atoms with E-state index < -0.39 is 4.92 Å². The molecule has 2 heterocycles. The van der Waals surface area contributed by atoms with E-state index in [4.69, 9.17) is 4.98 Å². The van der Waals surface area contributed by atoms with E-state index in [1.165, 1.54) is 10.7 Å². The minimum Gasteiger partial charge on any atom is -0.342 e. The van der Waals surface area contributed by atoms with Gasteiger partial charge >= 0.3 is 0 Å². The first kappa shape index (κ1) is 24.6. The topological polar surface area (TPSA) is 95.3 Å². The van der Waals surface area contributed by atoms with E-state index in [0.717, 1.165) is 32.9 Å². The molecule has 0 N–H and O–H groups in total. The van der Waals surface area contributed by atoms with Crippen molar-refractivity contribution < 1.29 is 4.92 Å². The van der Waals surface area contributed by atoms with Crippen LogP contribution in [0.1, 0.15) is 43.1 Å². The molecule has 9 heteroatoms. The van der Waals surface area contributed by atoms with Crippen molar-refractivity contribution in [2.75, 3.05) is 0 Å². The number of non-ortho nitro benzene ring substituents is 1. The number of nitro groups is 1. The second kappa shape index (κ2) is 10.1. The Kier molecular flexibility index (Phi) is 6.71. The molecular formula is C28H24BrN5O3. The monoisotopic (exact) mass is 557 g/mol. The number of aromatic nitrogens is 3. The van der Waals surface area contributed by atoms with Crippen molar-refractivity contribution in [2.24, 2.45) is 5.10 Å². The summed E-state index contributed by atoms with van der Waals surface area (Å²) in [4.78, 5) is 29.1. The van der Waals surface area contributed by atoms with Gasteiger partial charge < -0.3 is 4.57 Å². The predicted octanol–water partition coefficient (Wildman–Crippen LogP) is 6.47. The molecule has 0 aliphatic carbocycles. The molecule has 0 aliphatic heterocycles. The fraction of sp³-hybridized carbons (Fsp3) is 0.179. The summed E-state index contributed by atoms with van der Waals surface area (Å²) >= 11 is 3.44. The van der Waals surface area contributed by atoms with Crippen LogP contribution in [0, 0.1) is 10.1 Å². The molecule has 0 spiro atoms. The Hall–Kier alpha value is -4.11. The van der Waals surface area contributed by atoms with E-state index in [-0.39, 0.29) is 17.2 Å². The number of hydrogen-bond donors (Lipinski definition) is 0. The summed E-state index contributed by atoms with van der Waals surface area (Å²) in [6, 6.07) is 20.0. The molecule has 3 aromatic carbocycles. The second-order valence-electron chi connectivity index (χ2n) is 8.96. The molecule has 1 atom stereocenters. The molecule has 5 aromatic rings. The molecule has 8 nitrogen and oxygen atoms in total. The third-order valence-electron chi connectivity index (χ3n) is 6.49. The summed E-state index contributed by atoms with van der Waals surface area (Å²) in [5.41, 5.74) is 3.09. The van der Waals surface area contributed by atoms with Crippen molar-refractivity contribution in [1.82, 2.24) is 14.2 Å². The largest absolute Gasteiger partial charge is 0.342 e. The number of hydrogen-bond acceptors (Lipinski definition) is 5. The fourth-order valence-electron chi connectivity index (χ4n) is 4.37. The minimum atomic E-state index is -0.391. The minimum absolute atomic E-state index is 0.0353. The highest BCUT2D eigenvalue weighted by Crippen LogP contribution is 2.24. The maximum Gasteiger partial charge on any atom is 0.282 e. The maximum atomic E-state index is 13.5. The quantitative estimate of drug-likeness (QED) is 0.130. The van der Waals surface area contributed by atoms with Gasteiger partial charge in [-0.25, -0.2) is 4.98 Å². The number of rotatable bonds is 7. The van der Waals surface area contributed by atoms with E-state index in [2.05, 4.69) is 28.0 Å². The van der Waals surface area contributed by atoms with Gasteiger partial charge in [0.2, 0.25) is 0 Å².